The molecule has 1 aliphatic carbocycles. The summed E-state index contributed by atoms with van der Waals surface area (Å²) in [5.41, 5.74) is 2.52. The molecule has 0 heterocycles. The van der Waals surface area contributed by atoms with E-state index in [9.17, 15) is 0 Å². The van der Waals surface area contributed by atoms with E-state index in [4.69, 9.17) is 13.6 Å². The molecule has 0 bridgehead atoms. The van der Waals surface area contributed by atoms with Crippen LogP contribution in [0.1, 0.15) is 131 Å². The van der Waals surface area contributed by atoms with E-state index < -0.39 is 8.60 Å². The molecule has 3 rings (SSSR count). The lowest BCUT2D eigenvalue weighted by molar-refractivity contribution is 0.141. The van der Waals surface area contributed by atoms with Gasteiger partial charge in [0, 0.05) is 5.56 Å². The van der Waals surface area contributed by atoms with Crippen molar-refractivity contribution in [3.63, 3.8) is 0 Å². The summed E-state index contributed by atoms with van der Waals surface area (Å²) in [5.74, 6) is 3.77. The Morgan fingerprint density at radius 2 is 1.45 bits per heavy atom. The summed E-state index contributed by atoms with van der Waals surface area (Å²) >= 11 is 0. The first-order chi connectivity index (χ1) is 18.9. The van der Waals surface area contributed by atoms with Crippen LogP contribution in [0.5, 0.6) is 11.5 Å². The van der Waals surface area contributed by atoms with Gasteiger partial charge in [-0.05, 0) is 58.8 Å². The maximum Gasteiger partial charge on any atom is 0.463 e. The van der Waals surface area contributed by atoms with Crippen LogP contribution in [0.15, 0.2) is 48.5 Å². The molecule has 2 unspecified atom stereocenters. The average Bonchev–Trinajstić information content (AvgIpc) is 2.90. The van der Waals surface area contributed by atoms with Crippen molar-refractivity contribution in [1.82, 2.24) is 0 Å². The summed E-state index contributed by atoms with van der Waals surface area (Å²) in [7, 11) is -1.60. The van der Waals surface area contributed by atoms with Crippen molar-refractivity contribution in [2.75, 3.05) is 6.61 Å². The fourth-order valence-electron chi connectivity index (χ4n) is 5.73. The summed E-state index contributed by atoms with van der Waals surface area (Å²) in [5, 5.41) is 0. The van der Waals surface area contributed by atoms with Crippen molar-refractivity contribution in [2.45, 2.75) is 130 Å². The molecule has 0 aliphatic heterocycles. The maximum atomic E-state index is 6.67. The Kier molecular flexibility index (Phi) is 12.8. The van der Waals surface area contributed by atoms with Gasteiger partial charge in [-0.1, -0.05) is 144 Å². The van der Waals surface area contributed by atoms with Gasteiger partial charge in [-0.25, -0.2) is 0 Å². The molecule has 0 aromatic heterocycles. The molecule has 0 radical (unpaired) electrons. The van der Waals surface area contributed by atoms with Crippen LogP contribution in [0.25, 0.3) is 0 Å². The molecule has 0 amide bonds. The quantitative estimate of drug-likeness (QED) is 0.168. The van der Waals surface area contributed by atoms with E-state index >= 15 is 0 Å². The van der Waals surface area contributed by atoms with Crippen LogP contribution >= 0.6 is 8.60 Å². The van der Waals surface area contributed by atoms with Gasteiger partial charge in [0.1, 0.15) is 11.5 Å². The molecule has 3 nitrogen and oxygen atoms in total. The van der Waals surface area contributed by atoms with Crippen molar-refractivity contribution in [2.24, 2.45) is 17.8 Å². The van der Waals surface area contributed by atoms with E-state index in [1.54, 1.807) is 0 Å². The van der Waals surface area contributed by atoms with Crippen LogP contribution in [-0.4, -0.2) is 6.61 Å². The highest BCUT2D eigenvalue weighted by Gasteiger charge is 2.29. The van der Waals surface area contributed by atoms with Crippen LogP contribution < -0.4 is 9.05 Å². The predicted octanol–water partition coefficient (Wildman–Crippen LogP) is 11.8. The van der Waals surface area contributed by atoms with Crippen LogP contribution in [0.3, 0.4) is 0 Å². The third-order valence-corrected chi connectivity index (χ3v) is 9.38. The lowest BCUT2D eigenvalue weighted by atomic mass is 9.78. The van der Waals surface area contributed by atoms with Gasteiger partial charge in [-0.15, -0.1) is 0 Å². The first-order valence-corrected chi connectivity index (χ1v) is 17.0. The highest BCUT2D eigenvalue weighted by molar-refractivity contribution is 7.42. The summed E-state index contributed by atoms with van der Waals surface area (Å²) in [4.78, 5) is 0. The Morgan fingerprint density at radius 1 is 0.775 bits per heavy atom. The minimum atomic E-state index is -1.60. The van der Waals surface area contributed by atoms with Crippen molar-refractivity contribution < 1.29 is 13.6 Å². The standard InChI is InChI=1S/C36H57O3P/c1-28(2)18-12-9-15-21-30(29-19-13-10-14-20-29)27-37-40(38-32-22-16-11-17-23-32)39-34-25-24-31(35(3,4)5)26-33(34)36(6,7)8/h11,16-17,22-26,28-30H,9-10,12-15,18-21,27H2,1-8H3. The molecule has 40 heavy (non-hydrogen) atoms. The van der Waals surface area contributed by atoms with Gasteiger partial charge in [0.2, 0.25) is 0 Å². The lowest BCUT2D eigenvalue weighted by Gasteiger charge is -2.31. The van der Waals surface area contributed by atoms with Crippen LogP contribution in [-0.2, 0) is 15.4 Å². The molecule has 0 spiro atoms. The second-order valence-corrected chi connectivity index (χ2v) is 15.5. The topological polar surface area (TPSA) is 27.7 Å². The summed E-state index contributed by atoms with van der Waals surface area (Å²) in [6.07, 6.45) is 13.3. The largest absolute Gasteiger partial charge is 0.463 e. The fourth-order valence-corrected chi connectivity index (χ4v) is 6.80. The second kappa shape index (κ2) is 15.6. The predicted molar refractivity (Wildman–Crippen MR) is 172 cm³/mol. The first-order valence-electron chi connectivity index (χ1n) is 15.9. The SMILES string of the molecule is CC(C)CCCCCC(COP(Oc1ccccc1)Oc1ccc(C(C)(C)C)cc1C(C)(C)C)C1CCCCC1. The van der Waals surface area contributed by atoms with E-state index in [0.717, 1.165) is 23.3 Å². The minimum Gasteiger partial charge on any atom is -0.418 e. The number of hydrogen-bond donors (Lipinski definition) is 0. The van der Waals surface area contributed by atoms with Gasteiger partial charge in [0.05, 0.1) is 6.61 Å². The molecule has 4 heteroatoms. The molecular weight excluding hydrogens is 511 g/mol. The zero-order chi connectivity index (χ0) is 29.2. The third kappa shape index (κ3) is 11.0. The molecular formula is C36H57O3P. The highest BCUT2D eigenvalue weighted by Crippen LogP contribution is 2.47. The molecule has 0 saturated heterocycles. The second-order valence-electron chi connectivity index (χ2n) is 14.4. The average molecular weight is 569 g/mol. The zero-order valence-corrected chi connectivity index (χ0v) is 27.7. The molecule has 224 valence electrons. The number of para-hydroxylation sites is 1. The summed E-state index contributed by atoms with van der Waals surface area (Å²) in [6, 6.07) is 16.6. The molecule has 1 aliphatic rings. The lowest BCUT2D eigenvalue weighted by Crippen LogP contribution is -2.23. The summed E-state index contributed by atoms with van der Waals surface area (Å²) < 4.78 is 19.7. The first kappa shape index (κ1) is 32.9. The van der Waals surface area contributed by atoms with Gasteiger partial charge in [0.15, 0.2) is 0 Å². The van der Waals surface area contributed by atoms with Crippen LogP contribution in [0.2, 0.25) is 0 Å². The fraction of sp³-hybridized carbons (Fsp3) is 0.667. The van der Waals surface area contributed by atoms with E-state index in [0.29, 0.717) is 12.5 Å². The van der Waals surface area contributed by atoms with E-state index in [1.807, 2.05) is 30.3 Å². The zero-order valence-electron chi connectivity index (χ0n) is 26.8. The van der Waals surface area contributed by atoms with Gasteiger partial charge < -0.3 is 9.05 Å². The monoisotopic (exact) mass is 568 g/mol. The number of hydrogen-bond acceptors (Lipinski definition) is 3. The van der Waals surface area contributed by atoms with Crippen molar-refractivity contribution in [1.29, 1.82) is 0 Å². The Hall–Kier alpha value is -1.57. The van der Waals surface area contributed by atoms with Crippen LogP contribution in [0, 0.1) is 17.8 Å². The van der Waals surface area contributed by atoms with Gasteiger partial charge in [-0.3, -0.25) is 4.52 Å². The van der Waals surface area contributed by atoms with Gasteiger partial charge >= 0.3 is 8.60 Å². The highest BCUT2D eigenvalue weighted by atomic mass is 31.2. The number of benzene rings is 2. The van der Waals surface area contributed by atoms with E-state index in [2.05, 4.69) is 73.6 Å². The Labute approximate surface area is 247 Å². The molecule has 2 aromatic rings. The van der Waals surface area contributed by atoms with E-state index in [1.165, 1.54) is 75.3 Å². The molecule has 0 N–H and O–H groups in total. The molecule has 2 aromatic carbocycles. The van der Waals surface area contributed by atoms with Crippen molar-refractivity contribution in [3.05, 3.63) is 59.7 Å². The Bertz CT molecular complexity index is 983. The van der Waals surface area contributed by atoms with E-state index in [-0.39, 0.29) is 10.8 Å². The van der Waals surface area contributed by atoms with Crippen molar-refractivity contribution >= 4 is 8.60 Å². The molecule has 1 saturated carbocycles. The third-order valence-electron chi connectivity index (χ3n) is 8.32. The molecule has 2 atom stereocenters. The maximum absolute atomic E-state index is 6.67. The molecule has 1 fully saturated rings. The number of unbranched alkanes of at least 4 members (excludes halogenated alkanes) is 2. The Morgan fingerprint density at radius 3 is 2.08 bits per heavy atom. The van der Waals surface area contributed by atoms with Gasteiger partial charge in [-0.2, -0.15) is 0 Å². The van der Waals surface area contributed by atoms with Gasteiger partial charge in [0.25, 0.3) is 0 Å². The Balaban J connectivity index is 1.78. The van der Waals surface area contributed by atoms with Crippen LogP contribution in [0.4, 0.5) is 0 Å². The normalized spacial score (nSPS) is 16.6. The summed E-state index contributed by atoms with van der Waals surface area (Å²) in [6.45, 7) is 18.9. The smallest absolute Gasteiger partial charge is 0.418 e. The van der Waals surface area contributed by atoms with Crippen molar-refractivity contribution in [3.8, 4) is 11.5 Å². The number of rotatable bonds is 14. The minimum absolute atomic E-state index is 0.0645.